The van der Waals surface area contributed by atoms with Gasteiger partial charge in [-0.15, -0.1) is 22.7 Å². The van der Waals surface area contributed by atoms with Gasteiger partial charge in [-0.25, -0.2) is 26.8 Å². The van der Waals surface area contributed by atoms with Gasteiger partial charge in [-0.1, -0.05) is 78.9 Å². The van der Waals surface area contributed by atoms with Crippen molar-refractivity contribution < 1.29 is 16.8 Å². The van der Waals surface area contributed by atoms with Crippen LogP contribution in [0.3, 0.4) is 0 Å². The predicted octanol–water partition coefficient (Wildman–Crippen LogP) is 8.32. The molecule has 0 aliphatic carbocycles. The minimum Gasteiger partial charge on any atom is -0.345 e. The van der Waals surface area contributed by atoms with Crippen LogP contribution in [0, 0.1) is 6.92 Å². The fourth-order valence-corrected chi connectivity index (χ4v) is 13.2. The largest absolute Gasteiger partial charge is 0.345 e. The molecule has 0 atom stereocenters. The lowest BCUT2D eigenvalue weighted by Gasteiger charge is -2.34. The Kier molecular flexibility index (Phi) is 13.6. The fourth-order valence-electron chi connectivity index (χ4n) is 6.68. The number of thiazole rings is 2. The Balaban J connectivity index is 0.000000174. The summed E-state index contributed by atoms with van der Waals surface area (Å²) in [5.41, 5.74) is 5.90. The smallest absolute Gasteiger partial charge is 0.244 e. The molecule has 2 fully saturated rings. The third-order valence-electron chi connectivity index (χ3n) is 9.87. The average molecular weight is 971 g/mol. The predicted molar refractivity (Wildman–Crippen MR) is 238 cm³/mol. The number of aryl methyl sites for hydroxylation is 1. The van der Waals surface area contributed by atoms with Crippen molar-refractivity contribution in [3.8, 4) is 0 Å². The molecular weight excluding hydrogens is 929 g/mol. The van der Waals surface area contributed by atoms with Gasteiger partial charge in [0, 0.05) is 84.9 Å². The molecule has 8 rings (SSSR count). The first-order valence-corrected chi connectivity index (χ1v) is 24.7. The maximum Gasteiger partial charge on any atom is 0.244 e. The van der Waals surface area contributed by atoms with Crippen LogP contribution in [0.25, 0.3) is 0 Å². The molecule has 2 aromatic heterocycles. The molecule has 298 valence electrons. The second-order valence-corrected chi connectivity index (χ2v) is 20.8. The number of sulfonamides is 2. The molecule has 2 saturated heterocycles. The van der Waals surface area contributed by atoms with E-state index in [1.165, 1.54) is 16.7 Å². The topological polar surface area (TPSA) is 107 Å². The first-order chi connectivity index (χ1) is 27.5. The third-order valence-corrected chi connectivity index (χ3v) is 17.6. The van der Waals surface area contributed by atoms with Crippen molar-refractivity contribution in [2.45, 2.75) is 29.6 Å². The van der Waals surface area contributed by atoms with Crippen molar-refractivity contribution in [1.29, 1.82) is 0 Å². The van der Waals surface area contributed by atoms with Crippen LogP contribution in [0.2, 0.25) is 0 Å². The number of halogens is 2. The average Bonchev–Trinajstić information content (AvgIpc) is 3.90. The zero-order valence-electron chi connectivity index (χ0n) is 31.2. The standard InChI is InChI=1S/C21H22BrN3O2S2.C20H20BrN3O2S2/c1-16-6-2-3-7-17(16)14-18-15-28-21(23-18)24-10-12-25(13-11-24)29(26,27)20-9-5-4-8-19(20)22;21-18-8-4-5-9-19(18)28(25,26)24-12-10-23(11-13-24)20-22-17(15-27-20)14-16-6-2-1-3-7-16/h2-9,15H,10-14H2,1H3;1-9,15H,10-14H2. The van der Waals surface area contributed by atoms with E-state index in [1.54, 1.807) is 67.7 Å². The van der Waals surface area contributed by atoms with Crippen molar-refractivity contribution in [3.63, 3.8) is 0 Å². The summed E-state index contributed by atoms with van der Waals surface area (Å²) >= 11 is 9.96. The number of nitrogens with zero attached hydrogens (tertiary/aromatic N) is 6. The van der Waals surface area contributed by atoms with Gasteiger partial charge < -0.3 is 9.80 Å². The minimum atomic E-state index is -3.50. The second kappa shape index (κ2) is 18.6. The fraction of sp³-hybridized carbons (Fsp3) is 0.268. The zero-order valence-corrected chi connectivity index (χ0v) is 37.7. The Morgan fingerprint density at radius 1 is 0.544 bits per heavy atom. The van der Waals surface area contributed by atoms with Crippen LogP contribution in [0.4, 0.5) is 10.3 Å². The van der Waals surface area contributed by atoms with E-state index in [1.807, 2.05) is 36.4 Å². The van der Waals surface area contributed by atoms with E-state index in [0.29, 0.717) is 71.1 Å². The Labute approximate surface area is 360 Å². The lowest BCUT2D eigenvalue weighted by Crippen LogP contribution is -2.48. The van der Waals surface area contributed by atoms with Gasteiger partial charge in [0.15, 0.2) is 10.3 Å². The molecule has 6 aromatic rings. The monoisotopic (exact) mass is 968 g/mol. The van der Waals surface area contributed by atoms with Crippen LogP contribution in [0.15, 0.2) is 133 Å². The summed E-state index contributed by atoms with van der Waals surface area (Å²) in [5, 5.41) is 6.12. The van der Waals surface area contributed by atoms with Crippen molar-refractivity contribution >= 4 is 84.8 Å². The summed E-state index contributed by atoms with van der Waals surface area (Å²) in [6, 6.07) is 32.6. The van der Waals surface area contributed by atoms with Crippen LogP contribution in [0.5, 0.6) is 0 Å². The van der Waals surface area contributed by atoms with Crippen molar-refractivity contribution in [1.82, 2.24) is 18.6 Å². The van der Waals surface area contributed by atoms with Crippen molar-refractivity contribution in [2.24, 2.45) is 0 Å². The van der Waals surface area contributed by atoms with E-state index in [2.05, 4.69) is 89.7 Å². The van der Waals surface area contributed by atoms with Gasteiger partial charge in [-0.3, -0.25) is 0 Å². The van der Waals surface area contributed by atoms with Crippen molar-refractivity contribution in [3.05, 3.63) is 151 Å². The molecule has 0 unspecified atom stereocenters. The molecule has 0 saturated carbocycles. The molecule has 0 N–H and O–H groups in total. The molecule has 4 aromatic carbocycles. The summed E-state index contributed by atoms with van der Waals surface area (Å²) in [7, 11) is -6.99. The van der Waals surface area contributed by atoms with E-state index in [0.717, 1.165) is 34.5 Å². The molecule has 2 aliphatic rings. The highest BCUT2D eigenvalue weighted by atomic mass is 79.9. The number of hydrogen-bond acceptors (Lipinski definition) is 10. The van der Waals surface area contributed by atoms with Crippen LogP contribution in [-0.4, -0.2) is 87.8 Å². The number of rotatable bonds is 10. The molecule has 0 radical (unpaired) electrons. The van der Waals surface area contributed by atoms with Crippen LogP contribution in [0.1, 0.15) is 28.1 Å². The maximum absolute atomic E-state index is 13.0. The summed E-state index contributed by atoms with van der Waals surface area (Å²) in [6.07, 6.45) is 1.63. The van der Waals surface area contributed by atoms with E-state index in [-0.39, 0.29) is 0 Å². The van der Waals surface area contributed by atoms with Crippen molar-refractivity contribution in [2.75, 3.05) is 62.2 Å². The summed E-state index contributed by atoms with van der Waals surface area (Å²) < 4.78 is 56.1. The van der Waals surface area contributed by atoms with Gasteiger partial charge in [0.2, 0.25) is 20.0 Å². The third kappa shape index (κ3) is 10.0. The summed E-state index contributed by atoms with van der Waals surface area (Å²) in [6.45, 7) is 6.50. The highest BCUT2D eigenvalue weighted by Gasteiger charge is 2.32. The van der Waals surface area contributed by atoms with Crippen LogP contribution >= 0.6 is 54.5 Å². The number of piperazine rings is 2. The first-order valence-electron chi connectivity index (χ1n) is 18.5. The molecule has 0 spiro atoms. The highest BCUT2D eigenvalue weighted by Crippen LogP contribution is 2.30. The van der Waals surface area contributed by atoms with Crippen LogP contribution in [-0.2, 0) is 32.9 Å². The van der Waals surface area contributed by atoms with E-state index < -0.39 is 20.0 Å². The molecule has 0 amide bonds. The van der Waals surface area contributed by atoms with Gasteiger partial charge in [-0.05, 0) is 79.7 Å². The van der Waals surface area contributed by atoms with E-state index in [4.69, 9.17) is 9.97 Å². The Morgan fingerprint density at radius 3 is 1.44 bits per heavy atom. The molecule has 0 bridgehead atoms. The van der Waals surface area contributed by atoms with Gasteiger partial charge in [0.1, 0.15) is 0 Å². The SMILES string of the molecule is Cc1ccccc1Cc1csc(N2CCN(S(=O)(=O)c3ccccc3Br)CC2)n1.O=S(=O)(c1ccccc1Br)N1CCN(c2nc(Cc3ccccc3)cs2)CC1. The van der Waals surface area contributed by atoms with Gasteiger partial charge in [0.05, 0.1) is 21.2 Å². The lowest BCUT2D eigenvalue weighted by molar-refractivity contribution is 0.384. The normalized spacial score (nSPS) is 15.6. The highest BCUT2D eigenvalue weighted by molar-refractivity contribution is 9.10. The minimum absolute atomic E-state index is 0.322. The van der Waals surface area contributed by atoms with E-state index >= 15 is 0 Å². The molecular formula is C41H42Br2N6O4S4. The molecule has 57 heavy (non-hydrogen) atoms. The van der Waals surface area contributed by atoms with Crippen LogP contribution < -0.4 is 9.80 Å². The Hall–Kier alpha value is -3.48. The van der Waals surface area contributed by atoms with E-state index in [9.17, 15) is 16.8 Å². The number of aromatic nitrogens is 2. The Morgan fingerprint density at radius 2 is 0.965 bits per heavy atom. The Bertz CT molecular complexity index is 2500. The van der Waals surface area contributed by atoms with Gasteiger partial charge >= 0.3 is 0 Å². The summed E-state index contributed by atoms with van der Waals surface area (Å²) in [4.78, 5) is 14.6. The molecule has 10 nitrogen and oxygen atoms in total. The number of hydrogen-bond donors (Lipinski definition) is 0. The second-order valence-electron chi connectivity index (χ2n) is 13.7. The quantitative estimate of drug-likeness (QED) is 0.135. The maximum atomic E-state index is 13.0. The molecule has 4 heterocycles. The number of anilines is 2. The molecule has 16 heteroatoms. The number of benzene rings is 4. The lowest BCUT2D eigenvalue weighted by atomic mass is 10.1. The van der Waals surface area contributed by atoms with Gasteiger partial charge in [0.25, 0.3) is 0 Å². The zero-order chi connectivity index (χ0) is 40.0. The van der Waals surface area contributed by atoms with Gasteiger partial charge in [-0.2, -0.15) is 8.61 Å². The summed E-state index contributed by atoms with van der Waals surface area (Å²) in [5.74, 6) is 0. The first kappa shape index (κ1) is 41.7. The molecule has 2 aliphatic heterocycles.